The molecule has 4 heteroatoms. The van der Waals surface area contributed by atoms with Crippen LogP contribution in [0.3, 0.4) is 0 Å². The van der Waals surface area contributed by atoms with Crippen molar-refractivity contribution in [3.05, 3.63) is 17.7 Å². The topological polar surface area (TPSA) is 53.1 Å². The molecule has 1 aliphatic rings. The van der Waals surface area contributed by atoms with Gasteiger partial charge in [0.1, 0.15) is 5.82 Å². The van der Waals surface area contributed by atoms with Crippen LogP contribution in [0, 0.1) is 6.92 Å². The van der Waals surface area contributed by atoms with Gasteiger partial charge in [0.25, 0.3) is 0 Å². The van der Waals surface area contributed by atoms with E-state index in [1.54, 1.807) is 7.11 Å². The summed E-state index contributed by atoms with van der Waals surface area (Å²) < 4.78 is 7.95. The van der Waals surface area contributed by atoms with E-state index in [4.69, 9.17) is 10.5 Å². The van der Waals surface area contributed by atoms with E-state index in [1.165, 1.54) is 25.7 Å². The molecule has 2 N–H and O–H groups in total. The van der Waals surface area contributed by atoms with Gasteiger partial charge >= 0.3 is 0 Å². The van der Waals surface area contributed by atoms with Gasteiger partial charge in [-0.2, -0.15) is 0 Å². The molecule has 1 aromatic heterocycles. The maximum atomic E-state index is 6.51. The number of hydrogen-bond donors (Lipinski definition) is 1. The van der Waals surface area contributed by atoms with Gasteiger partial charge in [-0.05, 0) is 19.8 Å². The molecule has 1 unspecified atom stereocenters. The van der Waals surface area contributed by atoms with Crippen LogP contribution >= 0.6 is 0 Å². The molecule has 1 aromatic rings. The first-order valence-corrected chi connectivity index (χ1v) is 6.90. The van der Waals surface area contributed by atoms with Crippen molar-refractivity contribution in [3.63, 3.8) is 0 Å². The smallest absolute Gasteiger partial charge is 0.105 e. The third kappa shape index (κ3) is 2.31. The Morgan fingerprint density at radius 3 is 2.39 bits per heavy atom. The maximum Gasteiger partial charge on any atom is 0.105 e. The monoisotopic (exact) mass is 251 g/mol. The van der Waals surface area contributed by atoms with Gasteiger partial charge in [-0.3, -0.25) is 0 Å². The average molecular weight is 251 g/mol. The molecule has 1 heterocycles. The van der Waals surface area contributed by atoms with Gasteiger partial charge in [0.05, 0.1) is 23.5 Å². The quantitative estimate of drug-likeness (QED) is 0.840. The number of nitrogens with zero attached hydrogens (tertiary/aromatic N) is 2. The van der Waals surface area contributed by atoms with Gasteiger partial charge in [0, 0.05) is 14.2 Å². The van der Waals surface area contributed by atoms with Crippen molar-refractivity contribution in [2.24, 2.45) is 12.8 Å². The molecule has 1 fully saturated rings. The zero-order chi connectivity index (χ0) is 13.2. The first-order chi connectivity index (χ1) is 8.60. The van der Waals surface area contributed by atoms with E-state index in [-0.39, 0.29) is 11.6 Å². The van der Waals surface area contributed by atoms with Gasteiger partial charge in [-0.25, -0.2) is 4.98 Å². The van der Waals surface area contributed by atoms with Crippen LogP contribution in [0.5, 0.6) is 0 Å². The fourth-order valence-electron chi connectivity index (χ4n) is 3.05. The third-order valence-corrected chi connectivity index (χ3v) is 4.50. The Bertz CT molecular complexity index is 392. The van der Waals surface area contributed by atoms with Crippen LogP contribution in [0.25, 0.3) is 0 Å². The fraction of sp³-hybridized carbons (Fsp3) is 0.786. The molecule has 0 amide bonds. The maximum absolute atomic E-state index is 6.51. The molecular formula is C14H25N3O. The van der Waals surface area contributed by atoms with Crippen molar-refractivity contribution in [1.82, 2.24) is 9.55 Å². The lowest BCUT2D eigenvalue weighted by Crippen LogP contribution is -2.43. The summed E-state index contributed by atoms with van der Waals surface area (Å²) in [5, 5.41) is 0. The van der Waals surface area contributed by atoms with Crippen LogP contribution < -0.4 is 5.73 Å². The molecule has 0 aromatic carbocycles. The Labute approximate surface area is 110 Å². The first-order valence-electron chi connectivity index (χ1n) is 6.90. The average Bonchev–Trinajstić information content (AvgIpc) is 2.61. The standard InChI is InChI=1S/C14H25N3O/c1-11-16-10-12(17(11)2)13(15)14(18-3)8-6-4-5-7-9-14/h10,13H,4-9,15H2,1-3H3. The molecule has 0 radical (unpaired) electrons. The van der Waals surface area contributed by atoms with Gasteiger partial charge in [0.15, 0.2) is 0 Å². The zero-order valence-electron chi connectivity index (χ0n) is 11.8. The largest absolute Gasteiger partial charge is 0.376 e. The van der Waals surface area contributed by atoms with Gasteiger partial charge in [-0.1, -0.05) is 25.7 Å². The zero-order valence-corrected chi connectivity index (χ0v) is 11.8. The van der Waals surface area contributed by atoms with Crippen LogP contribution in [0.15, 0.2) is 6.20 Å². The second kappa shape index (κ2) is 5.41. The van der Waals surface area contributed by atoms with Crippen LogP contribution in [-0.4, -0.2) is 22.3 Å². The lowest BCUT2D eigenvalue weighted by atomic mass is 9.85. The van der Waals surface area contributed by atoms with E-state index in [2.05, 4.69) is 9.55 Å². The molecule has 0 aliphatic heterocycles. The molecule has 0 saturated heterocycles. The Morgan fingerprint density at radius 2 is 1.94 bits per heavy atom. The number of hydrogen-bond acceptors (Lipinski definition) is 3. The highest BCUT2D eigenvalue weighted by Gasteiger charge is 2.39. The molecule has 1 aliphatic carbocycles. The van der Waals surface area contributed by atoms with E-state index in [9.17, 15) is 0 Å². The van der Waals surface area contributed by atoms with Crippen molar-refractivity contribution in [2.45, 2.75) is 57.1 Å². The highest BCUT2D eigenvalue weighted by molar-refractivity contribution is 5.14. The van der Waals surface area contributed by atoms with Crippen LogP contribution in [0.4, 0.5) is 0 Å². The minimum atomic E-state index is -0.212. The van der Waals surface area contributed by atoms with Crippen molar-refractivity contribution in [2.75, 3.05) is 7.11 Å². The highest BCUT2D eigenvalue weighted by atomic mass is 16.5. The molecule has 0 bridgehead atoms. The molecule has 18 heavy (non-hydrogen) atoms. The Kier molecular flexibility index (Phi) is 4.07. The molecule has 1 atom stereocenters. The summed E-state index contributed by atoms with van der Waals surface area (Å²) in [5.74, 6) is 1.00. The highest BCUT2D eigenvalue weighted by Crippen LogP contribution is 2.38. The van der Waals surface area contributed by atoms with Crippen LogP contribution in [0.2, 0.25) is 0 Å². The number of rotatable bonds is 3. The number of nitrogens with two attached hydrogens (primary N) is 1. The number of aryl methyl sites for hydroxylation is 1. The molecule has 1 saturated carbocycles. The summed E-state index contributed by atoms with van der Waals surface area (Å²) in [6.07, 6.45) is 9.00. The van der Waals surface area contributed by atoms with Gasteiger partial charge < -0.3 is 15.0 Å². The third-order valence-electron chi connectivity index (χ3n) is 4.50. The lowest BCUT2D eigenvalue weighted by Gasteiger charge is -2.37. The number of aromatic nitrogens is 2. The molecular weight excluding hydrogens is 226 g/mol. The van der Waals surface area contributed by atoms with Crippen molar-refractivity contribution >= 4 is 0 Å². The normalized spacial score (nSPS) is 21.6. The number of ether oxygens (including phenoxy) is 1. The second-order valence-corrected chi connectivity index (χ2v) is 5.45. The summed E-state index contributed by atoms with van der Waals surface area (Å²) in [7, 11) is 3.83. The van der Waals surface area contributed by atoms with Gasteiger partial charge in [0.2, 0.25) is 0 Å². The van der Waals surface area contributed by atoms with Crippen LogP contribution in [-0.2, 0) is 11.8 Å². The summed E-state index contributed by atoms with van der Waals surface area (Å²) in [4.78, 5) is 4.35. The summed E-state index contributed by atoms with van der Waals surface area (Å²) >= 11 is 0. The molecule has 102 valence electrons. The van der Waals surface area contributed by atoms with E-state index in [1.807, 2.05) is 20.2 Å². The van der Waals surface area contributed by atoms with E-state index in [0.717, 1.165) is 24.4 Å². The van der Waals surface area contributed by atoms with E-state index >= 15 is 0 Å². The van der Waals surface area contributed by atoms with E-state index < -0.39 is 0 Å². The molecule has 4 nitrogen and oxygen atoms in total. The number of methoxy groups -OCH3 is 1. The Hall–Kier alpha value is -0.870. The Balaban J connectivity index is 2.28. The van der Waals surface area contributed by atoms with E-state index in [0.29, 0.717) is 0 Å². The van der Waals surface area contributed by atoms with Crippen molar-refractivity contribution in [3.8, 4) is 0 Å². The SMILES string of the molecule is COC1(C(N)c2cnc(C)n2C)CCCCCC1. The second-order valence-electron chi connectivity index (χ2n) is 5.45. The van der Waals surface area contributed by atoms with Crippen LogP contribution in [0.1, 0.15) is 56.1 Å². The molecule has 0 spiro atoms. The van der Waals surface area contributed by atoms with Crippen molar-refractivity contribution < 1.29 is 4.74 Å². The van der Waals surface area contributed by atoms with Gasteiger partial charge in [-0.15, -0.1) is 0 Å². The fourth-order valence-corrected chi connectivity index (χ4v) is 3.05. The Morgan fingerprint density at radius 1 is 1.33 bits per heavy atom. The lowest BCUT2D eigenvalue weighted by molar-refractivity contribution is -0.0457. The first kappa shape index (κ1) is 13.6. The minimum absolute atomic E-state index is 0.0909. The summed E-state index contributed by atoms with van der Waals surface area (Å²) in [6, 6.07) is -0.0909. The summed E-state index contributed by atoms with van der Waals surface area (Å²) in [6.45, 7) is 2.00. The minimum Gasteiger partial charge on any atom is -0.376 e. The number of imidazole rings is 1. The summed E-state index contributed by atoms with van der Waals surface area (Å²) in [5.41, 5.74) is 7.38. The van der Waals surface area contributed by atoms with Crippen molar-refractivity contribution in [1.29, 1.82) is 0 Å². The predicted octanol–water partition coefficient (Wildman–Crippen LogP) is 2.47. The molecule has 2 rings (SSSR count). The predicted molar refractivity (Wildman–Crippen MR) is 72.3 cm³/mol.